The lowest BCUT2D eigenvalue weighted by Gasteiger charge is -1.94. The Morgan fingerprint density at radius 1 is 1.55 bits per heavy atom. The molecule has 0 unspecified atom stereocenters. The summed E-state index contributed by atoms with van der Waals surface area (Å²) in [7, 11) is 0. The van der Waals surface area contributed by atoms with Gasteiger partial charge in [-0.25, -0.2) is 0 Å². The Balaban J connectivity index is 2.67. The zero-order valence-electron chi connectivity index (χ0n) is 5.81. The van der Waals surface area contributed by atoms with Gasteiger partial charge in [-0.15, -0.1) is 10.2 Å². The minimum atomic E-state index is 0.439. The molecular weight excluding hydrogens is 142 g/mol. The molecule has 0 bridgehead atoms. The van der Waals surface area contributed by atoms with Crippen LogP contribution in [0.4, 0.5) is 0 Å². The van der Waals surface area contributed by atoms with Gasteiger partial charge in [-0.1, -0.05) is 0 Å². The summed E-state index contributed by atoms with van der Waals surface area (Å²) in [5.74, 6) is 0. The van der Waals surface area contributed by atoms with Gasteiger partial charge >= 0.3 is 0 Å². The summed E-state index contributed by atoms with van der Waals surface area (Å²) in [5.41, 5.74) is 6.96. The van der Waals surface area contributed by atoms with Crippen molar-refractivity contribution in [3.8, 4) is 0 Å². The Bertz CT molecular complexity index is 366. The van der Waals surface area contributed by atoms with Crippen molar-refractivity contribution in [2.75, 3.05) is 0 Å². The van der Waals surface area contributed by atoms with Crippen molar-refractivity contribution in [3.63, 3.8) is 0 Å². The SMILES string of the molecule is NCc1cn2cnnc2cn1. The summed E-state index contributed by atoms with van der Waals surface area (Å²) >= 11 is 0. The molecule has 0 atom stereocenters. The van der Waals surface area contributed by atoms with E-state index < -0.39 is 0 Å². The number of nitrogens with two attached hydrogens (primary N) is 1. The average Bonchev–Trinajstić information content (AvgIpc) is 2.50. The van der Waals surface area contributed by atoms with Gasteiger partial charge in [0.1, 0.15) is 6.33 Å². The number of nitrogens with zero attached hydrogens (tertiary/aromatic N) is 4. The average molecular weight is 149 g/mol. The van der Waals surface area contributed by atoms with E-state index in [1.54, 1.807) is 16.9 Å². The fraction of sp³-hybridized carbons (Fsp3) is 0.167. The third kappa shape index (κ3) is 0.947. The molecule has 2 aromatic rings. The molecule has 0 aliphatic carbocycles. The predicted octanol–water partition coefficient (Wildman–Crippen LogP) is -0.417. The molecule has 2 N–H and O–H groups in total. The third-order valence-electron chi connectivity index (χ3n) is 1.44. The van der Waals surface area contributed by atoms with E-state index in [4.69, 9.17) is 5.73 Å². The first kappa shape index (κ1) is 6.23. The number of rotatable bonds is 1. The van der Waals surface area contributed by atoms with Crippen LogP contribution < -0.4 is 5.73 Å². The quantitative estimate of drug-likeness (QED) is 0.598. The highest BCUT2D eigenvalue weighted by Crippen LogP contribution is 1.97. The highest BCUT2D eigenvalue weighted by molar-refractivity contribution is 5.32. The van der Waals surface area contributed by atoms with Gasteiger partial charge < -0.3 is 5.73 Å². The topological polar surface area (TPSA) is 69.1 Å². The van der Waals surface area contributed by atoms with Crippen LogP contribution in [0.15, 0.2) is 18.7 Å². The summed E-state index contributed by atoms with van der Waals surface area (Å²) in [6.07, 6.45) is 5.08. The van der Waals surface area contributed by atoms with Gasteiger partial charge in [0.2, 0.25) is 0 Å². The Labute approximate surface area is 62.9 Å². The molecule has 56 valence electrons. The lowest BCUT2D eigenvalue weighted by molar-refractivity contribution is 0.950. The van der Waals surface area contributed by atoms with Crippen LogP contribution in [0, 0.1) is 0 Å². The van der Waals surface area contributed by atoms with Crippen LogP contribution >= 0.6 is 0 Å². The molecule has 0 aliphatic rings. The Hall–Kier alpha value is -1.49. The maximum absolute atomic E-state index is 5.39. The van der Waals surface area contributed by atoms with Crippen LogP contribution in [0.25, 0.3) is 5.65 Å². The molecule has 0 aliphatic heterocycles. The number of aromatic nitrogens is 4. The first-order chi connectivity index (χ1) is 5.40. The largest absolute Gasteiger partial charge is 0.325 e. The van der Waals surface area contributed by atoms with Gasteiger partial charge in [0.05, 0.1) is 11.9 Å². The standard InChI is InChI=1S/C6H7N5/c7-1-5-3-11-4-9-10-6(11)2-8-5/h2-4H,1,7H2. The zero-order chi connectivity index (χ0) is 7.68. The molecule has 0 radical (unpaired) electrons. The van der Waals surface area contributed by atoms with E-state index >= 15 is 0 Å². The monoisotopic (exact) mass is 149 g/mol. The normalized spacial score (nSPS) is 10.6. The summed E-state index contributed by atoms with van der Waals surface area (Å²) in [6.45, 7) is 0.439. The van der Waals surface area contributed by atoms with E-state index in [0.717, 1.165) is 11.3 Å². The molecule has 0 fully saturated rings. The van der Waals surface area contributed by atoms with Crippen LogP contribution in [0.3, 0.4) is 0 Å². The van der Waals surface area contributed by atoms with E-state index in [-0.39, 0.29) is 0 Å². The van der Waals surface area contributed by atoms with Gasteiger partial charge in [-0.3, -0.25) is 9.38 Å². The van der Waals surface area contributed by atoms with E-state index in [0.29, 0.717) is 6.54 Å². The minimum Gasteiger partial charge on any atom is -0.325 e. The van der Waals surface area contributed by atoms with Gasteiger partial charge in [0.25, 0.3) is 0 Å². The van der Waals surface area contributed by atoms with Crippen molar-refractivity contribution in [1.29, 1.82) is 0 Å². The predicted molar refractivity (Wildman–Crippen MR) is 38.7 cm³/mol. The molecule has 2 heterocycles. The highest BCUT2D eigenvalue weighted by atomic mass is 15.2. The molecule has 2 rings (SSSR count). The fourth-order valence-corrected chi connectivity index (χ4v) is 0.883. The molecule has 0 aromatic carbocycles. The second-order valence-electron chi connectivity index (χ2n) is 2.18. The summed E-state index contributed by atoms with van der Waals surface area (Å²) in [5, 5.41) is 7.51. The lowest BCUT2D eigenvalue weighted by atomic mass is 10.4. The molecule has 2 aromatic heterocycles. The maximum Gasteiger partial charge on any atom is 0.179 e. The lowest BCUT2D eigenvalue weighted by Crippen LogP contribution is -2.00. The molecule has 5 heteroatoms. The number of hydrogen-bond donors (Lipinski definition) is 1. The molecule has 0 saturated heterocycles. The summed E-state index contributed by atoms with van der Waals surface area (Å²) in [4.78, 5) is 4.05. The molecular formula is C6H7N5. The minimum absolute atomic E-state index is 0.439. The highest BCUT2D eigenvalue weighted by Gasteiger charge is 1.95. The maximum atomic E-state index is 5.39. The molecule has 5 nitrogen and oxygen atoms in total. The molecule has 0 spiro atoms. The van der Waals surface area contributed by atoms with Crippen LogP contribution in [-0.2, 0) is 6.54 Å². The smallest absolute Gasteiger partial charge is 0.179 e. The van der Waals surface area contributed by atoms with Gasteiger partial charge in [0, 0.05) is 12.7 Å². The first-order valence-electron chi connectivity index (χ1n) is 3.24. The van der Waals surface area contributed by atoms with Crippen LogP contribution in [0.2, 0.25) is 0 Å². The Morgan fingerprint density at radius 2 is 2.45 bits per heavy atom. The van der Waals surface area contributed by atoms with E-state index in [9.17, 15) is 0 Å². The van der Waals surface area contributed by atoms with Crippen molar-refractivity contribution >= 4 is 5.65 Å². The Morgan fingerprint density at radius 3 is 3.27 bits per heavy atom. The van der Waals surface area contributed by atoms with Gasteiger partial charge in [-0.05, 0) is 0 Å². The summed E-state index contributed by atoms with van der Waals surface area (Å²) in [6, 6.07) is 0. The second-order valence-corrected chi connectivity index (χ2v) is 2.18. The van der Waals surface area contributed by atoms with E-state index in [1.807, 2.05) is 6.20 Å². The van der Waals surface area contributed by atoms with Crippen LogP contribution in [0.5, 0.6) is 0 Å². The Kier molecular flexibility index (Phi) is 1.29. The number of fused-ring (bicyclic) bond motifs is 1. The summed E-state index contributed by atoms with van der Waals surface area (Å²) < 4.78 is 1.79. The van der Waals surface area contributed by atoms with Crippen molar-refractivity contribution in [2.24, 2.45) is 5.73 Å². The molecule has 0 saturated carbocycles. The van der Waals surface area contributed by atoms with Gasteiger partial charge in [0.15, 0.2) is 5.65 Å². The van der Waals surface area contributed by atoms with Crippen LogP contribution in [-0.4, -0.2) is 19.6 Å². The van der Waals surface area contributed by atoms with E-state index in [1.165, 1.54) is 0 Å². The van der Waals surface area contributed by atoms with Gasteiger partial charge in [-0.2, -0.15) is 0 Å². The molecule has 0 amide bonds. The zero-order valence-corrected chi connectivity index (χ0v) is 5.81. The second kappa shape index (κ2) is 2.28. The molecule has 11 heavy (non-hydrogen) atoms. The van der Waals surface area contributed by atoms with Crippen molar-refractivity contribution in [3.05, 3.63) is 24.4 Å². The first-order valence-corrected chi connectivity index (χ1v) is 3.24. The van der Waals surface area contributed by atoms with Crippen LogP contribution in [0.1, 0.15) is 5.69 Å². The van der Waals surface area contributed by atoms with Crippen molar-refractivity contribution in [2.45, 2.75) is 6.54 Å². The third-order valence-corrected chi connectivity index (χ3v) is 1.44. The van der Waals surface area contributed by atoms with E-state index in [2.05, 4.69) is 15.2 Å². The number of hydrogen-bond acceptors (Lipinski definition) is 4. The van der Waals surface area contributed by atoms with Crippen molar-refractivity contribution in [1.82, 2.24) is 19.6 Å². The fourth-order valence-electron chi connectivity index (χ4n) is 0.883. The van der Waals surface area contributed by atoms with Crippen molar-refractivity contribution < 1.29 is 0 Å².